The lowest BCUT2D eigenvalue weighted by Crippen LogP contribution is -2.46. The zero-order valence-corrected chi connectivity index (χ0v) is 16.4. The van der Waals surface area contributed by atoms with E-state index in [1.54, 1.807) is 0 Å². The number of rotatable bonds is 7. The van der Waals surface area contributed by atoms with Gasteiger partial charge in [-0.25, -0.2) is 4.68 Å². The highest BCUT2D eigenvalue weighted by Gasteiger charge is 2.18. The molecule has 1 aliphatic heterocycles. The molecule has 1 fully saturated rings. The monoisotopic (exact) mass is 395 g/mol. The highest BCUT2D eigenvalue weighted by Crippen LogP contribution is 2.16. The number of piperazine rings is 1. The topological polar surface area (TPSA) is 36.3 Å². The summed E-state index contributed by atoms with van der Waals surface area (Å²) in [5.41, 5.74) is 1.26. The third kappa shape index (κ3) is 5.36. The quantitative estimate of drug-likeness (QED) is 0.571. The largest absolute Gasteiger partial charge is 0.357 e. The van der Waals surface area contributed by atoms with Crippen molar-refractivity contribution in [1.82, 2.24) is 19.6 Å². The standard InChI is InChI=1S/C17H22ClN5S2/c1-2-6-19-16-20-23(17(24)25-16)13-22-9-7-21(8-10-22)12-14-4-3-5-15(18)11-14/h2-5,11H,1,6-10,12-13H2,(H,19,20). The minimum Gasteiger partial charge on any atom is -0.357 e. The zero-order valence-electron chi connectivity index (χ0n) is 14.0. The van der Waals surface area contributed by atoms with Gasteiger partial charge < -0.3 is 5.32 Å². The number of nitrogens with zero attached hydrogens (tertiary/aromatic N) is 4. The Morgan fingerprint density at radius 3 is 2.76 bits per heavy atom. The van der Waals surface area contributed by atoms with Crippen molar-refractivity contribution >= 4 is 40.3 Å². The van der Waals surface area contributed by atoms with E-state index in [2.05, 4.69) is 32.9 Å². The molecule has 25 heavy (non-hydrogen) atoms. The van der Waals surface area contributed by atoms with E-state index < -0.39 is 0 Å². The molecule has 2 aromatic rings. The van der Waals surface area contributed by atoms with Crippen LogP contribution in [-0.4, -0.2) is 52.3 Å². The molecule has 1 aliphatic rings. The normalized spacial score (nSPS) is 16.0. The fraction of sp³-hybridized carbons (Fsp3) is 0.412. The molecule has 1 aromatic carbocycles. The van der Waals surface area contributed by atoms with Gasteiger partial charge in [-0.2, -0.15) is 0 Å². The number of anilines is 1. The van der Waals surface area contributed by atoms with Crippen LogP contribution in [0.4, 0.5) is 5.13 Å². The molecule has 0 atom stereocenters. The summed E-state index contributed by atoms with van der Waals surface area (Å²) in [6.07, 6.45) is 1.81. The summed E-state index contributed by atoms with van der Waals surface area (Å²) < 4.78 is 2.70. The summed E-state index contributed by atoms with van der Waals surface area (Å²) in [4.78, 5) is 4.85. The Bertz CT molecular complexity index is 764. The lowest BCUT2D eigenvalue weighted by atomic mass is 10.2. The fourth-order valence-corrected chi connectivity index (χ4v) is 4.01. The van der Waals surface area contributed by atoms with Crippen molar-refractivity contribution in [3.05, 3.63) is 51.5 Å². The Morgan fingerprint density at radius 2 is 2.04 bits per heavy atom. The maximum atomic E-state index is 6.07. The van der Waals surface area contributed by atoms with Gasteiger partial charge in [-0.3, -0.25) is 9.80 Å². The van der Waals surface area contributed by atoms with Crippen LogP contribution in [0.15, 0.2) is 36.9 Å². The lowest BCUT2D eigenvalue weighted by Gasteiger charge is -2.34. The molecule has 8 heteroatoms. The maximum absolute atomic E-state index is 6.07. The predicted octanol–water partition coefficient (Wildman–Crippen LogP) is 3.70. The molecule has 2 heterocycles. The summed E-state index contributed by atoms with van der Waals surface area (Å²) >= 11 is 13.0. The Morgan fingerprint density at radius 1 is 1.28 bits per heavy atom. The molecule has 3 rings (SSSR count). The number of nitrogens with one attached hydrogen (secondary N) is 1. The van der Waals surface area contributed by atoms with E-state index in [1.165, 1.54) is 16.9 Å². The lowest BCUT2D eigenvalue weighted by molar-refractivity contribution is 0.0985. The van der Waals surface area contributed by atoms with E-state index in [9.17, 15) is 0 Å². The first kappa shape index (κ1) is 18.5. The first-order valence-electron chi connectivity index (χ1n) is 8.26. The average molecular weight is 396 g/mol. The maximum Gasteiger partial charge on any atom is 0.204 e. The highest BCUT2D eigenvalue weighted by molar-refractivity contribution is 7.73. The third-order valence-corrected chi connectivity index (χ3v) is 5.60. The third-order valence-electron chi connectivity index (χ3n) is 4.10. The van der Waals surface area contributed by atoms with Crippen LogP contribution < -0.4 is 5.32 Å². The molecule has 0 bridgehead atoms. The fourth-order valence-electron chi connectivity index (χ4n) is 2.80. The van der Waals surface area contributed by atoms with Gasteiger partial charge in [-0.1, -0.05) is 41.1 Å². The van der Waals surface area contributed by atoms with Crippen molar-refractivity contribution < 1.29 is 0 Å². The van der Waals surface area contributed by atoms with Crippen molar-refractivity contribution in [1.29, 1.82) is 0 Å². The van der Waals surface area contributed by atoms with Crippen molar-refractivity contribution in [3.63, 3.8) is 0 Å². The molecule has 1 saturated heterocycles. The van der Waals surface area contributed by atoms with E-state index in [0.29, 0.717) is 6.54 Å². The van der Waals surface area contributed by atoms with Gasteiger partial charge in [0.05, 0.1) is 6.67 Å². The first-order valence-corrected chi connectivity index (χ1v) is 9.86. The van der Waals surface area contributed by atoms with Crippen LogP contribution in [0.1, 0.15) is 5.56 Å². The van der Waals surface area contributed by atoms with Gasteiger partial charge in [0.1, 0.15) is 0 Å². The van der Waals surface area contributed by atoms with Crippen molar-refractivity contribution in [2.75, 3.05) is 38.0 Å². The predicted molar refractivity (Wildman–Crippen MR) is 108 cm³/mol. The van der Waals surface area contributed by atoms with Crippen LogP contribution in [0.2, 0.25) is 5.02 Å². The molecule has 5 nitrogen and oxygen atoms in total. The number of hydrogen-bond acceptors (Lipinski definition) is 6. The Hall–Kier alpha value is -1.25. The zero-order chi connectivity index (χ0) is 17.6. The summed E-state index contributed by atoms with van der Waals surface area (Å²) in [6, 6.07) is 8.10. The van der Waals surface area contributed by atoms with E-state index >= 15 is 0 Å². The summed E-state index contributed by atoms with van der Waals surface area (Å²) in [5.74, 6) is 0. The summed E-state index contributed by atoms with van der Waals surface area (Å²) in [6.45, 7) is 10.2. The molecule has 134 valence electrons. The summed E-state index contributed by atoms with van der Waals surface area (Å²) in [7, 11) is 0. The molecule has 0 unspecified atom stereocenters. The van der Waals surface area contributed by atoms with E-state index in [1.807, 2.05) is 29.0 Å². The van der Waals surface area contributed by atoms with Crippen LogP contribution in [0, 0.1) is 3.95 Å². The number of hydrogen-bond donors (Lipinski definition) is 1. The number of halogens is 1. The average Bonchev–Trinajstić information content (AvgIpc) is 2.94. The summed E-state index contributed by atoms with van der Waals surface area (Å²) in [5, 5.41) is 9.39. The van der Waals surface area contributed by atoms with Gasteiger partial charge in [-0.15, -0.1) is 11.7 Å². The number of aromatic nitrogens is 2. The molecular formula is C17H22ClN5S2. The van der Waals surface area contributed by atoms with Crippen LogP contribution in [0.5, 0.6) is 0 Å². The van der Waals surface area contributed by atoms with Crippen LogP contribution in [-0.2, 0) is 13.2 Å². The van der Waals surface area contributed by atoms with Gasteiger partial charge in [0.2, 0.25) is 5.13 Å². The first-order chi connectivity index (χ1) is 12.1. The molecule has 0 saturated carbocycles. The molecule has 1 N–H and O–H groups in total. The van der Waals surface area contributed by atoms with Crippen molar-refractivity contribution in [2.24, 2.45) is 0 Å². The molecule has 0 radical (unpaired) electrons. The van der Waals surface area contributed by atoms with Gasteiger partial charge in [0, 0.05) is 44.3 Å². The Balaban J connectivity index is 1.50. The second kappa shape index (κ2) is 8.91. The highest BCUT2D eigenvalue weighted by atomic mass is 35.5. The second-order valence-corrected chi connectivity index (χ2v) is 8.07. The SMILES string of the molecule is C=CCNc1nn(CN2CCN(Cc3cccc(Cl)c3)CC2)c(=S)s1. The molecular weight excluding hydrogens is 374 g/mol. The van der Waals surface area contributed by atoms with E-state index in [0.717, 1.165) is 53.5 Å². The molecule has 0 amide bonds. The Labute approximate surface area is 162 Å². The Kier molecular flexibility index (Phi) is 6.61. The molecule has 0 spiro atoms. The van der Waals surface area contributed by atoms with Crippen LogP contribution >= 0.6 is 35.2 Å². The van der Waals surface area contributed by atoms with Gasteiger partial charge in [0.25, 0.3) is 0 Å². The van der Waals surface area contributed by atoms with Gasteiger partial charge in [0.15, 0.2) is 3.95 Å². The molecule has 0 aliphatic carbocycles. The number of benzene rings is 1. The van der Waals surface area contributed by atoms with Crippen molar-refractivity contribution in [3.8, 4) is 0 Å². The molecule has 1 aromatic heterocycles. The smallest absolute Gasteiger partial charge is 0.204 e. The van der Waals surface area contributed by atoms with Crippen molar-refractivity contribution in [2.45, 2.75) is 13.2 Å². The van der Waals surface area contributed by atoms with Crippen LogP contribution in [0.25, 0.3) is 0 Å². The van der Waals surface area contributed by atoms with Gasteiger partial charge in [-0.05, 0) is 29.9 Å². The second-order valence-electron chi connectivity index (χ2n) is 6.01. The van der Waals surface area contributed by atoms with E-state index in [4.69, 9.17) is 23.8 Å². The van der Waals surface area contributed by atoms with Crippen LogP contribution in [0.3, 0.4) is 0 Å². The van der Waals surface area contributed by atoms with E-state index in [-0.39, 0.29) is 0 Å². The van der Waals surface area contributed by atoms with Gasteiger partial charge >= 0.3 is 0 Å². The minimum atomic E-state index is 0.699. The minimum absolute atomic E-state index is 0.699.